The molecule has 10 nitrogen and oxygen atoms in total. The summed E-state index contributed by atoms with van der Waals surface area (Å²) in [6.45, 7) is 4.54. The van der Waals surface area contributed by atoms with Gasteiger partial charge < -0.3 is 15.6 Å². The number of carbonyl (C=O) groups excluding carboxylic acids is 1. The molecule has 38 heavy (non-hydrogen) atoms. The molecule has 1 fully saturated rings. The maximum absolute atomic E-state index is 15.3. The number of nitrogens with one attached hydrogen (secondary N) is 3. The van der Waals surface area contributed by atoms with Crippen LogP contribution in [-0.4, -0.2) is 29.4 Å². The molecule has 1 aliphatic carbocycles. The van der Waals surface area contributed by atoms with E-state index in [0.717, 1.165) is 17.2 Å². The molecule has 0 spiro atoms. The Labute approximate surface area is 218 Å². The maximum atomic E-state index is 15.3. The molecule has 0 aliphatic heterocycles. The average molecular weight is 547 g/mol. The number of primary amides is 1. The second-order valence-corrected chi connectivity index (χ2v) is 11.1. The number of amides is 1. The number of halogens is 2. The number of nitrogens with zero attached hydrogens (tertiary/aromatic N) is 2. The molecule has 1 aromatic carbocycles. The maximum Gasteiger partial charge on any atom is 0.300 e. The summed E-state index contributed by atoms with van der Waals surface area (Å²) in [6, 6.07) is 5.71. The van der Waals surface area contributed by atoms with Crippen LogP contribution in [0.15, 0.2) is 41.5 Å². The van der Waals surface area contributed by atoms with Gasteiger partial charge in [0, 0.05) is 29.1 Å². The van der Waals surface area contributed by atoms with E-state index in [4.69, 9.17) is 5.73 Å². The van der Waals surface area contributed by atoms with Crippen molar-refractivity contribution in [2.45, 2.75) is 52.1 Å². The van der Waals surface area contributed by atoms with E-state index >= 15 is 4.39 Å². The molecule has 4 rings (SSSR count). The Kier molecular flexibility index (Phi) is 7.26. The molecule has 5 N–H and O–H groups in total. The zero-order valence-electron chi connectivity index (χ0n) is 21.1. The predicted octanol–water partition coefficient (Wildman–Crippen LogP) is 3.22. The van der Waals surface area contributed by atoms with E-state index in [1.165, 1.54) is 31.3 Å². The largest absolute Gasteiger partial charge is 0.365 e. The SMILES string of the molecule is Cc1ccc(Nc2c(C(N)=O)cn(Cc3ccnc(NS(=O)(=O)NC4(C)CCC4)c3F)c(=O)c2C)c(F)c1. The van der Waals surface area contributed by atoms with Crippen molar-refractivity contribution in [2.75, 3.05) is 10.0 Å². The molecule has 0 saturated heterocycles. The summed E-state index contributed by atoms with van der Waals surface area (Å²) < 4.78 is 60.4. The zero-order valence-corrected chi connectivity index (χ0v) is 21.9. The number of nitrogens with two attached hydrogens (primary N) is 1. The molecule has 2 heterocycles. The normalized spacial score (nSPS) is 14.6. The third-order valence-electron chi connectivity index (χ3n) is 6.54. The number of benzene rings is 1. The van der Waals surface area contributed by atoms with Crippen molar-refractivity contribution in [1.29, 1.82) is 0 Å². The number of carbonyl (C=O) groups is 1. The van der Waals surface area contributed by atoms with Crippen LogP contribution in [0.2, 0.25) is 0 Å². The zero-order chi connectivity index (χ0) is 27.8. The van der Waals surface area contributed by atoms with Gasteiger partial charge in [0.2, 0.25) is 0 Å². The Hall–Kier alpha value is -3.84. The summed E-state index contributed by atoms with van der Waals surface area (Å²) in [7, 11) is -4.11. The fourth-order valence-electron chi connectivity index (χ4n) is 4.27. The van der Waals surface area contributed by atoms with Crippen LogP contribution in [-0.2, 0) is 16.8 Å². The third-order valence-corrected chi connectivity index (χ3v) is 7.76. The van der Waals surface area contributed by atoms with Crippen molar-refractivity contribution in [3.05, 3.63) is 80.9 Å². The highest BCUT2D eigenvalue weighted by Gasteiger charge is 2.36. The first-order valence-electron chi connectivity index (χ1n) is 11.8. The Morgan fingerprint density at radius 1 is 1.21 bits per heavy atom. The molecule has 3 aromatic rings. The van der Waals surface area contributed by atoms with Crippen molar-refractivity contribution in [3.63, 3.8) is 0 Å². The lowest BCUT2D eigenvalue weighted by atomic mass is 9.80. The van der Waals surface area contributed by atoms with Gasteiger partial charge in [0.15, 0.2) is 11.6 Å². The Morgan fingerprint density at radius 2 is 1.92 bits per heavy atom. The van der Waals surface area contributed by atoms with Crippen molar-refractivity contribution in [1.82, 2.24) is 14.3 Å². The number of rotatable bonds is 9. The Bertz CT molecular complexity index is 1590. The molecule has 1 saturated carbocycles. The lowest BCUT2D eigenvalue weighted by molar-refractivity contribution is 0.1000. The van der Waals surface area contributed by atoms with E-state index in [-0.39, 0.29) is 34.6 Å². The van der Waals surface area contributed by atoms with E-state index in [2.05, 4.69) is 19.7 Å². The van der Waals surface area contributed by atoms with Crippen LogP contribution in [0.1, 0.15) is 53.2 Å². The molecule has 202 valence electrons. The van der Waals surface area contributed by atoms with Gasteiger partial charge in [-0.1, -0.05) is 6.07 Å². The molecule has 13 heteroatoms. The highest BCUT2D eigenvalue weighted by molar-refractivity contribution is 7.90. The fourth-order valence-corrected chi connectivity index (χ4v) is 5.57. The van der Waals surface area contributed by atoms with E-state index in [9.17, 15) is 22.4 Å². The lowest BCUT2D eigenvalue weighted by Crippen LogP contribution is -2.52. The number of hydrogen-bond acceptors (Lipinski definition) is 6. The van der Waals surface area contributed by atoms with Crippen LogP contribution in [0, 0.1) is 25.5 Å². The van der Waals surface area contributed by atoms with Crippen LogP contribution < -0.4 is 26.1 Å². The van der Waals surface area contributed by atoms with E-state index in [0.29, 0.717) is 18.4 Å². The number of hydrogen-bond donors (Lipinski definition) is 4. The van der Waals surface area contributed by atoms with Crippen LogP contribution >= 0.6 is 0 Å². The summed E-state index contributed by atoms with van der Waals surface area (Å²) >= 11 is 0. The first-order valence-corrected chi connectivity index (χ1v) is 13.3. The number of pyridine rings is 2. The highest BCUT2D eigenvalue weighted by atomic mass is 32.2. The molecule has 1 amide bonds. The van der Waals surface area contributed by atoms with Gasteiger partial charge in [-0.3, -0.25) is 14.3 Å². The topological polar surface area (TPSA) is 148 Å². The van der Waals surface area contributed by atoms with Crippen molar-refractivity contribution in [2.24, 2.45) is 5.73 Å². The smallest absolute Gasteiger partial charge is 0.300 e. The van der Waals surface area contributed by atoms with Gasteiger partial charge in [-0.25, -0.2) is 13.8 Å². The van der Waals surface area contributed by atoms with E-state index in [1.807, 2.05) is 0 Å². The molecule has 1 aliphatic rings. The number of aryl methyl sites for hydroxylation is 1. The van der Waals surface area contributed by atoms with Crippen molar-refractivity contribution >= 4 is 33.3 Å². The molecule has 0 unspecified atom stereocenters. The second-order valence-electron chi connectivity index (χ2n) is 9.70. The third kappa shape index (κ3) is 5.68. The average Bonchev–Trinajstić information content (AvgIpc) is 2.81. The van der Waals surface area contributed by atoms with E-state index in [1.54, 1.807) is 19.9 Å². The van der Waals surface area contributed by atoms with Gasteiger partial charge >= 0.3 is 10.2 Å². The van der Waals surface area contributed by atoms with E-state index < -0.39 is 44.7 Å². The summed E-state index contributed by atoms with van der Waals surface area (Å²) in [5, 5.41) is 2.77. The van der Waals surface area contributed by atoms with Gasteiger partial charge in [0.25, 0.3) is 11.5 Å². The molecular weight excluding hydrogens is 518 g/mol. The minimum absolute atomic E-state index is 0.0284. The highest BCUT2D eigenvalue weighted by Crippen LogP contribution is 2.32. The van der Waals surface area contributed by atoms with Crippen molar-refractivity contribution in [3.8, 4) is 0 Å². The number of aromatic nitrogens is 2. The van der Waals surface area contributed by atoms with Crippen LogP contribution in [0.5, 0.6) is 0 Å². The van der Waals surface area contributed by atoms with Crippen LogP contribution in [0.4, 0.5) is 26.0 Å². The minimum atomic E-state index is -4.11. The first kappa shape index (κ1) is 27.2. The van der Waals surface area contributed by atoms with Gasteiger partial charge in [0.1, 0.15) is 5.82 Å². The second kappa shape index (κ2) is 10.1. The van der Waals surface area contributed by atoms with Crippen LogP contribution in [0.25, 0.3) is 0 Å². The quantitative estimate of drug-likeness (QED) is 0.324. The predicted molar refractivity (Wildman–Crippen MR) is 140 cm³/mol. The van der Waals surface area contributed by atoms with Gasteiger partial charge in [-0.2, -0.15) is 13.1 Å². The monoisotopic (exact) mass is 546 g/mol. The van der Waals surface area contributed by atoms with Crippen molar-refractivity contribution < 1.29 is 22.0 Å². The summed E-state index contributed by atoms with van der Waals surface area (Å²) in [6.07, 6.45) is 4.56. The molecule has 0 radical (unpaired) electrons. The lowest BCUT2D eigenvalue weighted by Gasteiger charge is -2.38. The Balaban J connectivity index is 1.65. The number of anilines is 3. The first-order chi connectivity index (χ1) is 17.8. The molecule has 0 atom stereocenters. The molecule has 2 aromatic heterocycles. The summed E-state index contributed by atoms with van der Waals surface area (Å²) in [5.41, 5.74) is 4.98. The fraction of sp³-hybridized carbons (Fsp3) is 0.320. The van der Waals surface area contributed by atoms with Gasteiger partial charge in [0.05, 0.1) is 23.5 Å². The van der Waals surface area contributed by atoms with Gasteiger partial charge in [-0.05, 0) is 63.8 Å². The molecular formula is C25H28F2N6O4S. The van der Waals surface area contributed by atoms with Crippen LogP contribution in [0.3, 0.4) is 0 Å². The molecule has 0 bridgehead atoms. The summed E-state index contributed by atoms with van der Waals surface area (Å²) in [4.78, 5) is 29.2. The van der Waals surface area contributed by atoms with Gasteiger partial charge in [-0.15, -0.1) is 0 Å². The standard InChI is InChI=1S/C25H28F2N6O4S/c1-14-5-6-19(18(26)11-14)30-21-15(2)24(35)33(13-17(21)22(28)34)12-16-7-10-29-23(20(16)27)31-38(36,37)32-25(3)8-4-9-25/h5-7,10-11,13,30,32H,4,8-9,12H2,1-3H3,(H2,28,34)(H,29,31). The Morgan fingerprint density at radius 3 is 2.53 bits per heavy atom. The summed E-state index contributed by atoms with van der Waals surface area (Å²) in [5.74, 6) is -2.99. The minimum Gasteiger partial charge on any atom is -0.365 e.